The predicted octanol–water partition coefficient (Wildman–Crippen LogP) is 0.326. The fraction of sp³-hybridized carbons (Fsp3) is 0.458. The summed E-state index contributed by atoms with van der Waals surface area (Å²) in [5.41, 5.74) is 15.1. The molecule has 14 N–H and O–H groups in total. The van der Waals surface area contributed by atoms with Crippen molar-refractivity contribution in [1.82, 2.24) is 36.9 Å². The number of carbonyl (C=O) groups excluding carboxylic acids is 6. The van der Waals surface area contributed by atoms with Gasteiger partial charge in [0.25, 0.3) is 0 Å². The summed E-state index contributed by atoms with van der Waals surface area (Å²) >= 11 is 0. The summed E-state index contributed by atoms with van der Waals surface area (Å²) in [4.78, 5) is 88.8. The van der Waals surface area contributed by atoms with Gasteiger partial charge in [-0.1, -0.05) is 100 Å². The zero-order valence-electron chi connectivity index (χ0n) is 38.3. The minimum atomic E-state index is -1.54. The number of unbranched alkanes of at least 4 members (excludes halogenated alkanes) is 1. The Balaban J connectivity index is 1.56. The number of para-hydroxylation sites is 1. The van der Waals surface area contributed by atoms with Crippen molar-refractivity contribution in [3.05, 3.63) is 108 Å². The lowest BCUT2D eigenvalue weighted by atomic mass is 9.96. The highest BCUT2D eigenvalue weighted by Crippen LogP contribution is 2.27. The maximum absolute atomic E-state index is 14.7. The number of fused-ring (bicyclic) bond motifs is 1. The molecule has 0 spiro atoms. The summed E-state index contributed by atoms with van der Waals surface area (Å²) in [6.45, 7) is 2.52. The van der Waals surface area contributed by atoms with Crippen LogP contribution in [0.4, 0.5) is 0 Å². The van der Waals surface area contributed by atoms with Crippen LogP contribution in [0.1, 0.15) is 49.8 Å². The average Bonchev–Trinajstić information content (AvgIpc) is 3.73. The molecule has 0 saturated carbocycles. The van der Waals surface area contributed by atoms with Gasteiger partial charge in [-0.25, -0.2) is 0 Å². The molecule has 0 unspecified atom stereocenters. The molecule has 1 aliphatic rings. The third-order valence-electron chi connectivity index (χ3n) is 11.8. The molecule has 0 radical (unpaired) electrons. The standard InChI is InChI=1S/C48H65N9O9S2/c1-28(59)34(25-58)40-26-67-68-27-41(56-43(61)35(50)21-30-13-5-3-6-14-30)47(65)53-38(22-31-15-7-4-8-16-31)45(63)54-39(23-32-24-51-36-18-10-9-17-33(32)36)46(64)52-37(19-11-12-20-49)44(62)57-42(29(2)60)48(66)55-40/h3-10,13-18,24,28-29,34-35,37-42,51,58-60H,11-12,19-23,25-27,49-50H2,1-2H3,(H,52,64)(H,53,65)(H,54,63)(H,55,66)(H,56,61)(H,57,62)/t28-,29-,34-,35-,37+,38+,39-,40+,41+,42+/m1/s1. The molecule has 20 heteroatoms. The maximum Gasteiger partial charge on any atom is 0.245 e. The van der Waals surface area contributed by atoms with Crippen molar-refractivity contribution in [2.75, 3.05) is 24.7 Å². The van der Waals surface area contributed by atoms with Gasteiger partial charge in [0.2, 0.25) is 35.4 Å². The average molecular weight is 976 g/mol. The number of amides is 6. The van der Waals surface area contributed by atoms with Crippen LogP contribution in [0, 0.1) is 5.92 Å². The summed E-state index contributed by atoms with van der Waals surface area (Å²) in [6.07, 6.45) is 0.251. The van der Waals surface area contributed by atoms with Crippen molar-refractivity contribution in [2.45, 2.75) is 107 Å². The minimum absolute atomic E-state index is 0.00988. The summed E-state index contributed by atoms with van der Waals surface area (Å²) in [5.74, 6) is -5.35. The van der Waals surface area contributed by atoms with Crippen molar-refractivity contribution in [2.24, 2.45) is 17.4 Å². The highest BCUT2D eigenvalue weighted by atomic mass is 33.1. The first-order chi connectivity index (χ1) is 32.7. The van der Waals surface area contributed by atoms with E-state index in [-0.39, 0.29) is 37.2 Å². The Morgan fingerprint density at radius 3 is 1.96 bits per heavy atom. The lowest BCUT2D eigenvalue weighted by molar-refractivity contribution is -0.136. The second kappa shape index (κ2) is 26.9. The van der Waals surface area contributed by atoms with Crippen LogP contribution in [0.3, 0.4) is 0 Å². The van der Waals surface area contributed by atoms with Crippen LogP contribution in [-0.4, -0.2) is 135 Å². The van der Waals surface area contributed by atoms with Gasteiger partial charge in [-0.05, 0) is 68.8 Å². The van der Waals surface area contributed by atoms with Gasteiger partial charge in [-0.15, -0.1) is 0 Å². The highest BCUT2D eigenvalue weighted by Gasteiger charge is 2.36. The van der Waals surface area contributed by atoms with E-state index in [0.29, 0.717) is 30.5 Å². The van der Waals surface area contributed by atoms with E-state index in [0.717, 1.165) is 27.3 Å². The van der Waals surface area contributed by atoms with E-state index in [2.05, 4.69) is 36.9 Å². The smallest absolute Gasteiger partial charge is 0.245 e. The number of aromatic amines is 1. The van der Waals surface area contributed by atoms with Gasteiger partial charge in [0, 0.05) is 53.4 Å². The van der Waals surface area contributed by atoms with Crippen molar-refractivity contribution < 1.29 is 44.1 Å². The molecule has 4 aromatic rings. The van der Waals surface area contributed by atoms with Gasteiger partial charge >= 0.3 is 0 Å². The molecule has 0 aliphatic carbocycles. The first kappa shape index (κ1) is 53.5. The predicted molar refractivity (Wildman–Crippen MR) is 264 cm³/mol. The number of aliphatic hydroxyl groups excluding tert-OH is 3. The Hall–Kier alpha value is -5.48. The van der Waals surface area contributed by atoms with Crippen molar-refractivity contribution in [3.63, 3.8) is 0 Å². The van der Waals surface area contributed by atoms with Crippen LogP contribution in [0.25, 0.3) is 10.9 Å². The number of nitrogens with two attached hydrogens (primary N) is 2. The second-order valence-electron chi connectivity index (χ2n) is 17.1. The van der Waals surface area contributed by atoms with E-state index < -0.39 is 102 Å². The molecule has 10 atom stereocenters. The molecular weight excluding hydrogens is 911 g/mol. The normalized spacial score (nSPS) is 23.4. The lowest BCUT2D eigenvalue weighted by Crippen LogP contribution is -2.62. The number of aliphatic hydroxyl groups is 3. The Morgan fingerprint density at radius 2 is 1.31 bits per heavy atom. The van der Waals surface area contributed by atoms with Crippen LogP contribution in [0.15, 0.2) is 91.1 Å². The lowest BCUT2D eigenvalue weighted by Gasteiger charge is -2.32. The van der Waals surface area contributed by atoms with Crippen LogP contribution in [0.5, 0.6) is 0 Å². The topological polar surface area (TPSA) is 303 Å². The molecule has 1 saturated heterocycles. The Morgan fingerprint density at radius 1 is 0.721 bits per heavy atom. The minimum Gasteiger partial charge on any atom is -0.396 e. The third-order valence-corrected chi connectivity index (χ3v) is 14.2. The largest absolute Gasteiger partial charge is 0.396 e. The van der Waals surface area contributed by atoms with E-state index in [1.807, 2.05) is 54.6 Å². The van der Waals surface area contributed by atoms with Gasteiger partial charge in [0.15, 0.2) is 0 Å². The molecule has 1 aromatic heterocycles. The van der Waals surface area contributed by atoms with Crippen molar-refractivity contribution in [3.8, 4) is 0 Å². The third kappa shape index (κ3) is 15.8. The van der Waals surface area contributed by atoms with Crippen LogP contribution < -0.4 is 43.4 Å². The Labute approximate surface area is 404 Å². The van der Waals surface area contributed by atoms with E-state index in [4.69, 9.17) is 11.5 Å². The molecule has 1 aliphatic heterocycles. The Bertz CT molecular complexity index is 2270. The number of nitrogens with one attached hydrogen (secondary N) is 7. The van der Waals surface area contributed by atoms with Crippen molar-refractivity contribution >= 4 is 67.9 Å². The van der Waals surface area contributed by atoms with Gasteiger partial charge in [0.1, 0.15) is 30.2 Å². The van der Waals surface area contributed by atoms with Gasteiger partial charge in [0.05, 0.1) is 24.9 Å². The molecule has 6 amide bonds. The van der Waals surface area contributed by atoms with Gasteiger partial charge < -0.3 is 63.7 Å². The SMILES string of the molecule is C[C@@H](O)[C@@H](CO)[C@@H]1CSSC[C@H](NC(=O)[C@H](N)Cc2ccccc2)C(=O)N[C@@H](Cc2ccccc2)C(=O)N[C@H](Cc2c[nH]c3ccccc23)C(=O)N[C@@H](CCCCN)C(=O)N[C@@H]([C@@H](C)O)C(=O)N1. The van der Waals surface area contributed by atoms with Crippen LogP contribution in [0.2, 0.25) is 0 Å². The summed E-state index contributed by atoms with van der Waals surface area (Å²) < 4.78 is 0. The van der Waals surface area contributed by atoms with Crippen LogP contribution >= 0.6 is 21.6 Å². The first-order valence-electron chi connectivity index (χ1n) is 22.8. The monoisotopic (exact) mass is 975 g/mol. The number of rotatable bonds is 16. The highest BCUT2D eigenvalue weighted by molar-refractivity contribution is 8.76. The summed E-state index contributed by atoms with van der Waals surface area (Å²) in [5, 5.41) is 49.3. The number of hydrogen-bond acceptors (Lipinski definition) is 13. The number of benzene rings is 3. The molecule has 0 bridgehead atoms. The van der Waals surface area contributed by atoms with Crippen LogP contribution in [-0.2, 0) is 48.0 Å². The number of H-pyrrole nitrogens is 1. The second-order valence-corrected chi connectivity index (χ2v) is 19.6. The summed E-state index contributed by atoms with van der Waals surface area (Å²) in [6, 6.07) is 16.8. The first-order valence-corrected chi connectivity index (χ1v) is 25.3. The molecule has 3 aromatic carbocycles. The molecule has 1 fully saturated rings. The zero-order valence-corrected chi connectivity index (χ0v) is 39.9. The molecule has 68 heavy (non-hydrogen) atoms. The van der Waals surface area contributed by atoms with Gasteiger partial charge in [-0.3, -0.25) is 28.8 Å². The van der Waals surface area contributed by atoms with Crippen molar-refractivity contribution in [1.29, 1.82) is 0 Å². The molecule has 5 rings (SSSR count). The number of hydrogen-bond donors (Lipinski definition) is 12. The fourth-order valence-corrected chi connectivity index (χ4v) is 10.3. The molecule has 18 nitrogen and oxygen atoms in total. The van der Waals surface area contributed by atoms with E-state index >= 15 is 0 Å². The maximum atomic E-state index is 14.7. The molecular formula is C48H65N9O9S2. The zero-order chi connectivity index (χ0) is 49.2. The van der Waals surface area contributed by atoms with Gasteiger partial charge in [-0.2, -0.15) is 0 Å². The number of carbonyl (C=O) groups is 6. The van der Waals surface area contributed by atoms with E-state index in [9.17, 15) is 44.1 Å². The summed E-state index contributed by atoms with van der Waals surface area (Å²) in [7, 11) is 2.32. The fourth-order valence-electron chi connectivity index (χ4n) is 7.85. The Kier molecular flexibility index (Phi) is 21.2. The molecule has 368 valence electrons. The van der Waals surface area contributed by atoms with E-state index in [1.165, 1.54) is 24.6 Å². The quantitative estimate of drug-likeness (QED) is 0.0533. The van der Waals surface area contributed by atoms with E-state index in [1.54, 1.807) is 36.5 Å². The molecule has 2 heterocycles. The number of aromatic nitrogens is 1.